The van der Waals surface area contributed by atoms with Crippen LogP contribution in [0.2, 0.25) is 5.02 Å². The highest BCUT2D eigenvalue weighted by Gasteiger charge is 2.43. The number of carboxylic acids is 1. The molecule has 7 heteroatoms. The van der Waals surface area contributed by atoms with Crippen molar-refractivity contribution in [1.82, 2.24) is 5.32 Å². The summed E-state index contributed by atoms with van der Waals surface area (Å²) < 4.78 is 0. The molecule has 1 atom stereocenters. The van der Waals surface area contributed by atoms with Crippen LogP contribution in [0.1, 0.15) is 6.42 Å². The lowest BCUT2D eigenvalue weighted by Gasteiger charge is -2.24. The summed E-state index contributed by atoms with van der Waals surface area (Å²) in [4.78, 5) is 23.2. The first-order valence-electron chi connectivity index (χ1n) is 5.68. The van der Waals surface area contributed by atoms with Gasteiger partial charge in [0.15, 0.2) is 0 Å². The van der Waals surface area contributed by atoms with Gasteiger partial charge in [-0.2, -0.15) is 11.8 Å². The Morgan fingerprint density at radius 3 is 2.68 bits per heavy atom. The van der Waals surface area contributed by atoms with Crippen LogP contribution < -0.4 is 10.6 Å². The maximum atomic E-state index is 11.9. The fraction of sp³-hybridized carbons (Fsp3) is 0.333. The maximum Gasteiger partial charge on any atom is 0.330 e. The van der Waals surface area contributed by atoms with E-state index in [1.807, 2.05) is 0 Å². The van der Waals surface area contributed by atoms with E-state index >= 15 is 0 Å². The SMILES string of the molecule is O=C(Nc1ccccc1Cl)N[C@]1(C(=O)O)CCSC1. The summed E-state index contributed by atoms with van der Waals surface area (Å²) >= 11 is 7.43. The van der Waals surface area contributed by atoms with Crippen molar-refractivity contribution >= 4 is 41.1 Å². The molecule has 0 spiro atoms. The molecule has 1 aromatic rings. The van der Waals surface area contributed by atoms with Crippen LogP contribution >= 0.6 is 23.4 Å². The van der Waals surface area contributed by atoms with Crippen molar-refractivity contribution in [2.75, 3.05) is 16.8 Å². The molecule has 0 aliphatic carbocycles. The molecule has 3 N–H and O–H groups in total. The summed E-state index contributed by atoms with van der Waals surface area (Å²) in [5.74, 6) is 0.0866. The van der Waals surface area contributed by atoms with Gasteiger partial charge in [-0.15, -0.1) is 0 Å². The Kier molecular flexibility index (Phi) is 4.21. The molecular weight excluding hydrogens is 288 g/mol. The topological polar surface area (TPSA) is 78.4 Å². The Morgan fingerprint density at radius 1 is 1.37 bits per heavy atom. The molecule has 1 fully saturated rings. The predicted molar refractivity (Wildman–Crippen MR) is 75.9 cm³/mol. The van der Waals surface area contributed by atoms with Crippen LogP contribution in [0.5, 0.6) is 0 Å². The summed E-state index contributed by atoms with van der Waals surface area (Å²) in [6, 6.07) is 6.23. The Morgan fingerprint density at radius 2 is 2.11 bits per heavy atom. The van der Waals surface area contributed by atoms with Crippen LogP contribution in [0.3, 0.4) is 0 Å². The van der Waals surface area contributed by atoms with E-state index in [1.165, 1.54) is 11.8 Å². The molecule has 0 saturated carbocycles. The van der Waals surface area contributed by atoms with Gasteiger partial charge in [-0.25, -0.2) is 9.59 Å². The van der Waals surface area contributed by atoms with Crippen molar-refractivity contribution in [3.63, 3.8) is 0 Å². The third-order valence-corrected chi connectivity index (χ3v) is 4.43. The highest BCUT2D eigenvalue weighted by Crippen LogP contribution is 2.28. The molecule has 2 rings (SSSR count). The van der Waals surface area contributed by atoms with Crippen LogP contribution in [0, 0.1) is 0 Å². The zero-order chi connectivity index (χ0) is 13.9. The van der Waals surface area contributed by atoms with E-state index in [2.05, 4.69) is 10.6 Å². The number of hydrogen-bond acceptors (Lipinski definition) is 3. The zero-order valence-electron chi connectivity index (χ0n) is 9.98. The van der Waals surface area contributed by atoms with Gasteiger partial charge >= 0.3 is 12.0 Å². The summed E-state index contributed by atoms with van der Waals surface area (Å²) in [6.45, 7) is 0. The smallest absolute Gasteiger partial charge is 0.330 e. The first kappa shape index (κ1) is 14.0. The first-order valence-corrected chi connectivity index (χ1v) is 7.22. The van der Waals surface area contributed by atoms with Crippen molar-refractivity contribution in [2.24, 2.45) is 0 Å². The second kappa shape index (κ2) is 5.71. The lowest BCUT2D eigenvalue weighted by atomic mass is 10.00. The molecule has 1 heterocycles. The molecule has 1 aromatic carbocycles. The van der Waals surface area contributed by atoms with Gasteiger partial charge in [-0.1, -0.05) is 23.7 Å². The predicted octanol–water partition coefficient (Wildman–Crippen LogP) is 2.42. The number of nitrogens with one attached hydrogen (secondary N) is 2. The molecular formula is C12H13ClN2O3S. The number of carboxylic acid groups (broad SMARTS) is 1. The minimum atomic E-state index is -1.18. The van der Waals surface area contributed by atoms with Crippen molar-refractivity contribution in [3.05, 3.63) is 29.3 Å². The lowest BCUT2D eigenvalue weighted by molar-refractivity contribution is -0.143. The second-order valence-electron chi connectivity index (χ2n) is 4.25. The molecule has 0 unspecified atom stereocenters. The van der Waals surface area contributed by atoms with Gasteiger partial charge in [0.25, 0.3) is 0 Å². The number of carbonyl (C=O) groups is 2. The van der Waals surface area contributed by atoms with E-state index in [4.69, 9.17) is 11.6 Å². The van der Waals surface area contributed by atoms with E-state index in [-0.39, 0.29) is 0 Å². The number of urea groups is 1. The Labute approximate surface area is 119 Å². The molecule has 2 amide bonds. The highest BCUT2D eigenvalue weighted by atomic mass is 35.5. The van der Waals surface area contributed by atoms with Crippen molar-refractivity contribution < 1.29 is 14.7 Å². The summed E-state index contributed by atoms with van der Waals surface area (Å²) in [6.07, 6.45) is 0.420. The molecule has 1 aliphatic heterocycles. The minimum Gasteiger partial charge on any atom is -0.479 e. The molecule has 0 radical (unpaired) electrons. The van der Waals surface area contributed by atoms with Crippen LogP contribution in [0.15, 0.2) is 24.3 Å². The van der Waals surface area contributed by atoms with Crippen LogP contribution in [0.4, 0.5) is 10.5 Å². The first-order chi connectivity index (χ1) is 9.03. The van der Waals surface area contributed by atoms with Crippen LogP contribution in [0.25, 0.3) is 0 Å². The van der Waals surface area contributed by atoms with Gasteiger partial charge in [-0.3, -0.25) is 0 Å². The standard InChI is InChI=1S/C12H13ClN2O3S/c13-8-3-1-2-4-9(8)14-11(18)15-12(10(16)17)5-6-19-7-12/h1-4H,5-7H2,(H,16,17)(H2,14,15,18)/t12-/m1/s1. The largest absolute Gasteiger partial charge is 0.479 e. The minimum absolute atomic E-state index is 0.373. The number of benzene rings is 1. The maximum absolute atomic E-state index is 11.9. The van der Waals surface area contributed by atoms with E-state index in [0.29, 0.717) is 22.9 Å². The van der Waals surface area contributed by atoms with Gasteiger partial charge in [0.05, 0.1) is 10.7 Å². The van der Waals surface area contributed by atoms with Gasteiger partial charge in [0.1, 0.15) is 5.54 Å². The number of carbonyl (C=O) groups excluding carboxylic acids is 1. The number of para-hydroxylation sites is 1. The highest BCUT2D eigenvalue weighted by molar-refractivity contribution is 7.99. The van der Waals surface area contributed by atoms with Crippen LogP contribution in [-0.4, -0.2) is 34.2 Å². The number of halogens is 1. The summed E-state index contributed by atoms with van der Waals surface area (Å²) in [5.41, 5.74) is -0.733. The second-order valence-corrected chi connectivity index (χ2v) is 5.76. The Hall–Kier alpha value is -1.40. The number of rotatable bonds is 3. The Balaban J connectivity index is 2.05. The summed E-state index contributed by atoms with van der Waals surface area (Å²) in [5, 5.41) is 14.8. The number of hydrogen-bond donors (Lipinski definition) is 3. The molecule has 0 bridgehead atoms. The third-order valence-electron chi connectivity index (χ3n) is 2.91. The molecule has 102 valence electrons. The molecule has 0 aromatic heterocycles. The van der Waals surface area contributed by atoms with E-state index in [0.717, 1.165) is 5.75 Å². The van der Waals surface area contributed by atoms with Crippen LogP contribution in [-0.2, 0) is 4.79 Å². The quantitative estimate of drug-likeness (QED) is 0.801. The molecule has 1 saturated heterocycles. The number of thioether (sulfide) groups is 1. The summed E-state index contributed by atoms with van der Waals surface area (Å²) in [7, 11) is 0. The van der Waals surface area contributed by atoms with Crippen molar-refractivity contribution in [2.45, 2.75) is 12.0 Å². The number of aliphatic carboxylic acids is 1. The van der Waals surface area contributed by atoms with Crippen molar-refractivity contribution in [1.29, 1.82) is 0 Å². The average Bonchev–Trinajstić information content (AvgIpc) is 2.82. The Bertz CT molecular complexity index is 504. The monoisotopic (exact) mass is 300 g/mol. The third kappa shape index (κ3) is 3.13. The fourth-order valence-corrected chi connectivity index (χ4v) is 3.33. The van der Waals surface area contributed by atoms with E-state index in [9.17, 15) is 14.7 Å². The van der Waals surface area contributed by atoms with Crippen molar-refractivity contribution in [3.8, 4) is 0 Å². The van der Waals surface area contributed by atoms with Gasteiger partial charge in [0, 0.05) is 5.75 Å². The van der Waals surface area contributed by atoms with E-state index < -0.39 is 17.5 Å². The van der Waals surface area contributed by atoms with Gasteiger partial charge in [-0.05, 0) is 24.3 Å². The normalized spacial score (nSPS) is 21.9. The van der Waals surface area contributed by atoms with Gasteiger partial charge in [0.2, 0.25) is 0 Å². The van der Waals surface area contributed by atoms with Gasteiger partial charge < -0.3 is 15.7 Å². The molecule has 5 nitrogen and oxygen atoms in total. The fourth-order valence-electron chi connectivity index (χ4n) is 1.82. The zero-order valence-corrected chi connectivity index (χ0v) is 11.6. The molecule has 19 heavy (non-hydrogen) atoms. The van der Waals surface area contributed by atoms with E-state index in [1.54, 1.807) is 24.3 Å². The number of anilines is 1. The molecule has 1 aliphatic rings. The average molecular weight is 301 g/mol. The number of amides is 2. The lowest BCUT2D eigenvalue weighted by Crippen LogP contribution is -2.55.